The molecule has 0 aromatic heterocycles. The lowest BCUT2D eigenvalue weighted by molar-refractivity contribution is -0.117. The summed E-state index contributed by atoms with van der Waals surface area (Å²) in [6.07, 6.45) is 1.29. The molecule has 2 aromatic rings. The van der Waals surface area contributed by atoms with E-state index in [1.54, 1.807) is 43.3 Å². The van der Waals surface area contributed by atoms with Crippen molar-refractivity contribution in [1.29, 1.82) is 0 Å². The summed E-state index contributed by atoms with van der Waals surface area (Å²) in [5.41, 5.74) is 0.641. The Morgan fingerprint density at radius 2 is 1.93 bits per heavy atom. The van der Waals surface area contributed by atoms with Crippen molar-refractivity contribution in [3.05, 3.63) is 52.5 Å². The number of carbonyl (C=O) groups excluding carboxylic acids is 1. The molecule has 0 aliphatic carbocycles. The molecular weight excluding hydrogens is 411 g/mol. The van der Waals surface area contributed by atoms with Crippen LogP contribution >= 0.6 is 23.2 Å². The van der Waals surface area contributed by atoms with Gasteiger partial charge in [-0.1, -0.05) is 36.2 Å². The standard InChI is InChI=1S/C18H20Cl2N2O4S/c1-4-17(18(23)21-16-10-12(19)8-9-15(16)20)22(27(3,24)25)13-6-5-7-14(11-13)26-2/h5-11,17H,4H2,1-3H3,(H,21,23)/t17-/m0/s1. The Labute approximate surface area is 169 Å². The van der Waals surface area contributed by atoms with E-state index in [4.69, 9.17) is 27.9 Å². The van der Waals surface area contributed by atoms with Gasteiger partial charge < -0.3 is 10.1 Å². The molecule has 2 aromatic carbocycles. The first-order chi connectivity index (χ1) is 12.7. The van der Waals surface area contributed by atoms with Gasteiger partial charge in [0.1, 0.15) is 11.8 Å². The number of hydrogen-bond acceptors (Lipinski definition) is 4. The van der Waals surface area contributed by atoms with E-state index in [0.717, 1.165) is 10.6 Å². The SMILES string of the molecule is CC[C@@H](C(=O)Nc1cc(Cl)ccc1Cl)N(c1cccc(OC)c1)S(C)(=O)=O. The van der Waals surface area contributed by atoms with Gasteiger partial charge in [-0.3, -0.25) is 9.10 Å². The molecule has 0 aliphatic rings. The summed E-state index contributed by atoms with van der Waals surface area (Å²) in [6.45, 7) is 1.72. The average Bonchev–Trinajstić information content (AvgIpc) is 2.61. The topological polar surface area (TPSA) is 75.7 Å². The molecule has 0 saturated heterocycles. The van der Waals surface area contributed by atoms with Gasteiger partial charge in [-0.05, 0) is 36.8 Å². The number of nitrogens with one attached hydrogen (secondary N) is 1. The van der Waals surface area contributed by atoms with Crippen LogP contribution in [-0.2, 0) is 14.8 Å². The average molecular weight is 431 g/mol. The van der Waals surface area contributed by atoms with Crippen molar-refractivity contribution < 1.29 is 17.9 Å². The van der Waals surface area contributed by atoms with Gasteiger partial charge >= 0.3 is 0 Å². The number of anilines is 2. The fraction of sp³-hybridized carbons (Fsp3) is 0.278. The largest absolute Gasteiger partial charge is 0.497 e. The van der Waals surface area contributed by atoms with E-state index >= 15 is 0 Å². The van der Waals surface area contributed by atoms with Crippen LogP contribution in [0.5, 0.6) is 5.75 Å². The number of nitrogens with zero attached hydrogens (tertiary/aromatic N) is 1. The molecule has 1 amide bonds. The monoisotopic (exact) mass is 430 g/mol. The van der Waals surface area contributed by atoms with Crippen LogP contribution in [0.3, 0.4) is 0 Å². The summed E-state index contributed by atoms with van der Waals surface area (Å²) in [4.78, 5) is 12.9. The molecule has 0 heterocycles. The minimum absolute atomic E-state index is 0.244. The third kappa shape index (κ3) is 5.28. The highest BCUT2D eigenvalue weighted by Gasteiger charge is 2.32. The molecule has 6 nitrogen and oxygen atoms in total. The summed E-state index contributed by atoms with van der Waals surface area (Å²) >= 11 is 12.0. The Hall–Kier alpha value is -1.96. The summed E-state index contributed by atoms with van der Waals surface area (Å²) in [5.74, 6) is -0.0378. The summed E-state index contributed by atoms with van der Waals surface area (Å²) in [7, 11) is -2.27. The third-order valence-corrected chi connectivity index (χ3v) is 5.57. The van der Waals surface area contributed by atoms with Crippen LogP contribution in [0.25, 0.3) is 0 Å². The number of methoxy groups -OCH3 is 1. The number of hydrogen-bond donors (Lipinski definition) is 1. The van der Waals surface area contributed by atoms with Crippen molar-refractivity contribution in [2.24, 2.45) is 0 Å². The Morgan fingerprint density at radius 1 is 1.22 bits per heavy atom. The second-order valence-electron chi connectivity index (χ2n) is 5.80. The van der Waals surface area contributed by atoms with Crippen molar-refractivity contribution in [3.63, 3.8) is 0 Å². The lowest BCUT2D eigenvalue weighted by atomic mass is 10.1. The molecule has 146 valence electrons. The van der Waals surface area contributed by atoms with E-state index in [0.29, 0.717) is 27.2 Å². The summed E-state index contributed by atoms with van der Waals surface area (Å²) < 4.78 is 31.2. The summed E-state index contributed by atoms with van der Waals surface area (Å²) in [6, 6.07) is 10.2. The number of amides is 1. The molecule has 0 aliphatic heterocycles. The molecule has 1 atom stereocenters. The lowest BCUT2D eigenvalue weighted by Gasteiger charge is -2.30. The Kier molecular flexibility index (Phi) is 6.97. The first-order valence-corrected chi connectivity index (χ1v) is 10.7. The normalized spacial score (nSPS) is 12.3. The van der Waals surface area contributed by atoms with E-state index in [-0.39, 0.29) is 6.42 Å². The molecule has 0 fully saturated rings. The van der Waals surface area contributed by atoms with E-state index in [9.17, 15) is 13.2 Å². The molecule has 0 radical (unpaired) electrons. The van der Waals surface area contributed by atoms with Gasteiger partial charge in [-0.2, -0.15) is 0 Å². The minimum Gasteiger partial charge on any atom is -0.497 e. The van der Waals surface area contributed by atoms with Gasteiger partial charge in [0, 0.05) is 11.1 Å². The Morgan fingerprint density at radius 3 is 2.52 bits per heavy atom. The first kappa shape index (κ1) is 21.3. The van der Waals surface area contributed by atoms with Crippen molar-refractivity contribution in [2.75, 3.05) is 23.0 Å². The van der Waals surface area contributed by atoms with E-state index < -0.39 is 22.0 Å². The van der Waals surface area contributed by atoms with Crippen LogP contribution in [0.4, 0.5) is 11.4 Å². The van der Waals surface area contributed by atoms with Crippen molar-refractivity contribution in [2.45, 2.75) is 19.4 Å². The molecule has 0 bridgehead atoms. The Bertz CT molecular complexity index is 935. The zero-order valence-corrected chi connectivity index (χ0v) is 17.4. The molecule has 27 heavy (non-hydrogen) atoms. The fourth-order valence-electron chi connectivity index (χ4n) is 2.62. The van der Waals surface area contributed by atoms with Crippen molar-refractivity contribution in [1.82, 2.24) is 0 Å². The fourth-order valence-corrected chi connectivity index (χ4v) is 4.16. The highest BCUT2D eigenvalue weighted by Crippen LogP contribution is 2.29. The molecule has 0 spiro atoms. The van der Waals surface area contributed by atoms with E-state index in [2.05, 4.69) is 5.32 Å². The number of sulfonamides is 1. The highest BCUT2D eigenvalue weighted by atomic mass is 35.5. The number of carbonyl (C=O) groups is 1. The van der Waals surface area contributed by atoms with Gasteiger partial charge in [-0.15, -0.1) is 0 Å². The quantitative estimate of drug-likeness (QED) is 0.714. The van der Waals surface area contributed by atoms with Gasteiger partial charge in [0.2, 0.25) is 15.9 Å². The molecule has 1 N–H and O–H groups in total. The van der Waals surface area contributed by atoms with Crippen molar-refractivity contribution >= 4 is 50.5 Å². The second kappa shape index (κ2) is 8.82. The van der Waals surface area contributed by atoms with Crippen LogP contribution < -0.4 is 14.4 Å². The van der Waals surface area contributed by atoms with Crippen LogP contribution in [0, 0.1) is 0 Å². The Balaban J connectivity index is 2.42. The zero-order valence-electron chi connectivity index (χ0n) is 15.1. The highest BCUT2D eigenvalue weighted by molar-refractivity contribution is 7.92. The van der Waals surface area contributed by atoms with Gasteiger partial charge in [-0.25, -0.2) is 8.42 Å². The second-order valence-corrected chi connectivity index (χ2v) is 8.50. The van der Waals surface area contributed by atoms with E-state index in [1.807, 2.05) is 0 Å². The van der Waals surface area contributed by atoms with Crippen molar-refractivity contribution in [3.8, 4) is 5.75 Å². The third-order valence-electron chi connectivity index (χ3n) is 3.82. The van der Waals surface area contributed by atoms with Gasteiger partial charge in [0.05, 0.1) is 29.8 Å². The molecular formula is C18H20Cl2N2O4S. The van der Waals surface area contributed by atoms with Gasteiger partial charge in [0.15, 0.2) is 0 Å². The van der Waals surface area contributed by atoms with Crippen LogP contribution in [0.2, 0.25) is 10.0 Å². The maximum Gasteiger partial charge on any atom is 0.248 e. The number of ether oxygens (including phenoxy) is 1. The minimum atomic E-state index is -3.75. The maximum atomic E-state index is 12.9. The number of halogens is 2. The lowest BCUT2D eigenvalue weighted by Crippen LogP contribution is -2.47. The van der Waals surface area contributed by atoms with Crippen LogP contribution in [0.15, 0.2) is 42.5 Å². The smallest absolute Gasteiger partial charge is 0.248 e. The molecule has 2 rings (SSSR count). The molecule has 0 unspecified atom stereocenters. The predicted octanol–water partition coefficient (Wildman–Crippen LogP) is 4.19. The van der Waals surface area contributed by atoms with E-state index in [1.165, 1.54) is 13.2 Å². The predicted molar refractivity (Wildman–Crippen MR) is 109 cm³/mol. The molecule has 9 heteroatoms. The van der Waals surface area contributed by atoms with Crippen LogP contribution in [0.1, 0.15) is 13.3 Å². The maximum absolute atomic E-state index is 12.9. The van der Waals surface area contributed by atoms with Gasteiger partial charge in [0.25, 0.3) is 0 Å². The first-order valence-electron chi connectivity index (χ1n) is 8.06. The molecule has 0 saturated carbocycles. The van der Waals surface area contributed by atoms with Crippen LogP contribution in [-0.4, -0.2) is 33.7 Å². The number of rotatable bonds is 7. The zero-order chi connectivity index (χ0) is 20.2. The summed E-state index contributed by atoms with van der Waals surface area (Å²) in [5, 5.41) is 3.36. The number of benzene rings is 2.